The monoisotopic (exact) mass is 478 g/mol. The molecule has 0 aliphatic carbocycles. The zero-order chi connectivity index (χ0) is 21.2. The summed E-state index contributed by atoms with van der Waals surface area (Å²) in [7, 11) is 1.62. The Morgan fingerprint density at radius 2 is 1.72 bits per heavy atom. The molecule has 0 saturated heterocycles. The number of ether oxygens (including phenoxy) is 1. The van der Waals surface area contributed by atoms with Gasteiger partial charge in [-0.05, 0) is 49.2 Å². The molecule has 2 aromatic rings. The third-order valence-electron chi connectivity index (χ3n) is 4.44. The lowest BCUT2D eigenvalue weighted by atomic mass is 10.1. The van der Waals surface area contributed by atoms with Crippen molar-refractivity contribution in [1.29, 1.82) is 0 Å². The summed E-state index contributed by atoms with van der Waals surface area (Å²) in [5.41, 5.74) is 2.11. The third-order valence-corrected chi connectivity index (χ3v) is 5.95. The van der Waals surface area contributed by atoms with E-state index in [4.69, 9.17) is 4.74 Å². The molecule has 0 aromatic heterocycles. The molecule has 156 valence electrons. The number of likely N-dealkylation sites (N-methyl/N-ethyl adjacent to an activating group) is 1. The molecular formula is C22H27BrN2O3S. The number of hydrogen-bond acceptors (Lipinski definition) is 4. The Kier molecular flexibility index (Phi) is 9.54. The first-order chi connectivity index (χ1) is 13.9. The Bertz CT molecular complexity index is 797. The number of carbonyl (C=O) groups is 2. The van der Waals surface area contributed by atoms with Crippen molar-refractivity contribution in [3.05, 3.63) is 64.1 Å². The van der Waals surface area contributed by atoms with Crippen molar-refractivity contribution in [2.24, 2.45) is 0 Å². The maximum absolute atomic E-state index is 13.0. The van der Waals surface area contributed by atoms with E-state index in [2.05, 4.69) is 21.2 Å². The minimum absolute atomic E-state index is 0.0540. The van der Waals surface area contributed by atoms with Crippen molar-refractivity contribution in [2.45, 2.75) is 32.2 Å². The van der Waals surface area contributed by atoms with Gasteiger partial charge in [0.1, 0.15) is 11.8 Å². The highest BCUT2D eigenvalue weighted by molar-refractivity contribution is 9.10. The summed E-state index contributed by atoms with van der Waals surface area (Å²) in [6.45, 7) is 4.55. The van der Waals surface area contributed by atoms with Crippen LogP contribution < -0.4 is 10.1 Å². The molecule has 7 heteroatoms. The number of thioether (sulfide) groups is 1. The Morgan fingerprint density at radius 1 is 1.10 bits per heavy atom. The van der Waals surface area contributed by atoms with Crippen molar-refractivity contribution in [2.75, 3.05) is 19.4 Å². The molecule has 1 N–H and O–H groups in total. The second kappa shape index (κ2) is 11.9. The minimum Gasteiger partial charge on any atom is -0.497 e. The summed E-state index contributed by atoms with van der Waals surface area (Å²) in [6.07, 6.45) is 0. The first kappa shape index (κ1) is 23.3. The number of hydrogen-bond donors (Lipinski definition) is 1. The van der Waals surface area contributed by atoms with E-state index in [1.54, 1.807) is 30.7 Å². The first-order valence-electron chi connectivity index (χ1n) is 9.47. The summed E-state index contributed by atoms with van der Waals surface area (Å²) in [5.74, 6) is 1.61. The van der Waals surface area contributed by atoms with Crippen LogP contribution in [-0.2, 0) is 21.9 Å². The molecule has 0 heterocycles. The Labute approximate surface area is 185 Å². The molecule has 0 spiro atoms. The summed E-state index contributed by atoms with van der Waals surface area (Å²) in [6, 6.07) is 15.1. The summed E-state index contributed by atoms with van der Waals surface area (Å²) in [4.78, 5) is 27.0. The van der Waals surface area contributed by atoms with Gasteiger partial charge in [0.05, 0.1) is 12.9 Å². The SMILES string of the molecule is CCNC(=O)C(C)N(Cc1ccc(OC)cc1)C(=O)CSCc1ccc(Br)cc1. The van der Waals surface area contributed by atoms with Crippen molar-refractivity contribution in [1.82, 2.24) is 10.2 Å². The van der Waals surface area contributed by atoms with Gasteiger partial charge in [0, 0.05) is 23.3 Å². The van der Waals surface area contributed by atoms with Gasteiger partial charge in [-0.15, -0.1) is 11.8 Å². The van der Waals surface area contributed by atoms with E-state index < -0.39 is 6.04 Å². The molecule has 2 rings (SSSR count). The molecule has 0 aliphatic rings. The highest BCUT2D eigenvalue weighted by atomic mass is 79.9. The van der Waals surface area contributed by atoms with Gasteiger partial charge in [0.25, 0.3) is 0 Å². The fourth-order valence-electron chi connectivity index (χ4n) is 2.75. The van der Waals surface area contributed by atoms with Gasteiger partial charge in [-0.3, -0.25) is 9.59 Å². The maximum atomic E-state index is 13.0. The molecule has 1 unspecified atom stereocenters. The number of nitrogens with zero attached hydrogens (tertiary/aromatic N) is 1. The van der Waals surface area contributed by atoms with Gasteiger partial charge in [0.15, 0.2) is 0 Å². The van der Waals surface area contributed by atoms with Crippen LogP contribution in [0.5, 0.6) is 5.75 Å². The van der Waals surface area contributed by atoms with Crippen LogP contribution in [0, 0.1) is 0 Å². The Hall–Kier alpha value is -1.99. The van der Waals surface area contributed by atoms with E-state index in [0.29, 0.717) is 18.8 Å². The predicted octanol–water partition coefficient (Wildman–Crippen LogP) is 4.24. The van der Waals surface area contributed by atoms with Gasteiger partial charge >= 0.3 is 0 Å². The largest absolute Gasteiger partial charge is 0.497 e. The van der Waals surface area contributed by atoms with Crippen molar-refractivity contribution in [3.8, 4) is 5.75 Å². The maximum Gasteiger partial charge on any atom is 0.242 e. The molecule has 0 radical (unpaired) electrons. The van der Waals surface area contributed by atoms with Crippen LogP contribution >= 0.6 is 27.7 Å². The van der Waals surface area contributed by atoms with Crippen LogP contribution in [0.2, 0.25) is 0 Å². The van der Waals surface area contributed by atoms with E-state index in [9.17, 15) is 9.59 Å². The smallest absolute Gasteiger partial charge is 0.242 e. The average Bonchev–Trinajstić information content (AvgIpc) is 2.73. The van der Waals surface area contributed by atoms with Gasteiger partial charge in [-0.2, -0.15) is 0 Å². The topological polar surface area (TPSA) is 58.6 Å². The number of nitrogens with one attached hydrogen (secondary N) is 1. The van der Waals surface area contributed by atoms with E-state index >= 15 is 0 Å². The molecule has 2 amide bonds. The van der Waals surface area contributed by atoms with E-state index in [0.717, 1.165) is 27.1 Å². The number of halogens is 1. The van der Waals surface area contributed by atoms with Gasteiger partial charge in [0.2, 0.25) is 11.8 Å². The fraction of sp³-hybridized carbons (Fsp3) is 0.364. The normalized spacial score (nSPS) is 11.6. The minimum atomic E-state index is -0.544. The number of benzene rings is 2. The standard InChI is InChI=1S/C22H27BrN2O3S/c1-4-24-22(27)16(2)25(13-17-7-11-20(28-3)12-8-17)21(26)15-29-14-18-5-9-19(23)10-6-18/h5-12,16H,4,13-15H2,1-3H3,(H,24,27). The zero-order valence-electron chi connectivity index (χ0n) is 17.0. The molecule has 2 aromatic carbocycles. The average molecular weight is 479 g/mol. The molecular weight excluding hydrogens is 452 g/mol. The van der Waals surface area contributed by atoms with Crippen molar-refractivity contribution >= 4 is 39.5 Å². The summed E-state index contributed by atoms with van der Waals surface area (Å²) in [5, 5.41) is 2.81. The number of rotatable bonds is 10. The van der Waals surface area contributed by atoms with Crippen LogP contribution in [0.25, 0.3) is 0 Å². The molecule has 5 nitrogen and oxygen atoms in total. The van der Waals surface area contributed by atoms with Gasteiger partial charge in [-0.25, -0.2) is 0 Å². The highest BCUT2D eigenvalue weighted by Crippen LogP contribution is 2.19. The van der Waals surface area contributed by atoms with Crippen LogP contribution in [-0.4, -0.2) is 42.2 Å². The van der Waals surface area contributed by atoms with Crippen LogP contribution in [0.1, 0.15) is 25.0 Å². The van der Waals surface area contributed by atoms with Crippen LogP contribution in [0.15, 0.2) is 53.0 Å². The van der Waals surface area contributed by atoms with Crippen LogP contribution in [0.3, 0.4) is 0 Å². The number of carbonyl (C=O) groups excluding carboxylic acids is 2. The predicted molar refractivity (Wildman–Crippen MR) is 122 cm³/mol. The quantitative estimate of drug-likeness (QED) is 0.554. The summed E-state index contributed by atoms with van der Waals surface area (Å²) < 4.78 is 6.22. The molecule has 0 saturated carbocycles. The zero-order valence-corrected chi connectivity index (χ0v) is 19.4. The van der Waals surface area contributed by atoms with Crippen LogP contribution in [0.4, 0.5) is 0 Å². The number of methoxy groups -OCH3 is 1. The molecule has 0 bridgehead atoms. The Morgan fingerprint density at radius 3 is 2.31 bits per heavy atom. The molecule has 29 heavy (non-hydrogen) atoms. The third kappa shape index (κ3) is 7.40. The lowest BCUT2D eigenvalue weighted by Gasteiger charge is -2.28. The fourth-order valence-corrected chi connectivity index (χ4v) is 3.89. The van der Waals surface area contributed by atoms with Gasteiger partial charge < -0.3 is 15.0 Å². The van der Waals surface area contributed by atoms with E-state index in [-0.39, 0.29) is 11.8 Å². The molecule has 0 fully saturated rings. The second-order valence-corrected chi connectivity index (χ2v) is 8.46. The van der Waals surface area contributed by atoms with E-state index in [1.807, 2.05) is 55.5 Å². The number of amides is 2. The Balaban J connectivity index is 2.04. The van der Waals surface area contributed by atoms with E-state index in [1.165, 1.54) is 0 Å². The lowest BCUT2D eigenvalue weighted by molar-refractivity contribution is -0.138. The highest BCUT2D eigenvalue weighted by Gasteiger charge is 2.25. The molecule has 0 aliphatic heterocycles. The molecule has 1 atom stereocenters. The van der Waals surface area contributed by atoms with Crippen molar-refractivity contribution in [3.63, 3.8) is 0 Å². The van der Waals surface area contributed by atoms with Crippen molar-refractivity contribution < 1.29 is 14.3 Å². The van der Waals surface area contributed by atoms with Gasteiger partial charge in [-0.1, -0.05) is 40.2 Å². The lowest BCUT2D eigenvalue weighted by Crippen LogP contribution is -2.48. The summed E-state index contributed by atoms with van der Waals surface area (Å²) >= 11 is 4.97. The second-order valence-electron chi connectivity index (χ2n) is 6.56. The first-order valence-corrected chi connectivity index (χ1v) is 11.4.